The van der Waals surface area contributed by atoms with E-state index in [1.807, 2.05) is 0 Å². The first-order valence-corrected chi connectivity index (χ1v) is 9.87. The molecule has 0 bridgehead atoms. The number of rotatable bonds is 5. The van der Waals surface area contributed by atoms with Crippen LogP contribution in [0.4, 0.5) is 0 Å². The third-order valence-electron chi connectivity index (χ3n) is 5.52. The zero-order valence-corrected chi connectivity index (χ0v) is 15.7. The molecule has 1 aliphatic heterocycles. The number of likely N-dealkylation sites (tertiary alicyclic amines) is 1. The van der Waals surface area contributed by atoms with Crippen LogP contribution in [0.15, 0.2) is 103 Å². The maximum atomic E-state index is 6.37. The van der Waals surface area contributed by atoms with E-state index < -0.39 is 0 Å². The van der Waals surface area contributed by atoms with Crippen LogP contribution >= 0.6 is 0 Å². The van der Waals surface area contributed by atoms with Crippen molar-refractivity contribution in [3.8, 4) is 5.75 Å². The second kappa shape index (κ2) is 7.49. The average Bonchev–Trinajstić information content (AvgIpc) is 2.74. The highest BCUT2D eigenvalue weighted by Crippen LogP contribution is 2.34. The normalized spacial score (nSPS) is 14.9. The zero-order valence-electron chi connectivity index (χ0n) is 15.7. The molecule has 0 aliphatic carbocycles. The van der Waals surface area contributed by atoms with Crippen molar-refractivity contribution < 1.29 is 4.74 Å². The highest BCUT2D eigenvalue weighted by Gasteiger charge is 2.35. The number of benzene rings is 4. The Kier molecular flexibility index (Phi) is 4.56. The van der Waals surface area contributed by atoms with Gasteiger partial charge in [-0.2, -0.15) is 0 Å². The van der Waals surface area contributed by atoms with Gasteiger partial charge in [0, 0.05) is 18.5 Å². The standard InChI is InChI=1S/C26H23NO/c1-3-11-21(12-4-1)26(22-13-5-2-6-14-22)27-18-23(19-27)28-25-17-9-15-20-10-7-8-16-24(20)25/h1-17,23,26H,18-19H2. The van der Waals surface area contributed by atoms with E-state index in [-0.39, 0.29) is 12.1 Å². The van der Waals surface area contributed by atoms with Crippen LogP contribution in [0.2, 0.25) is 0 Å². The summed E-state index contributed by atoms with van der Waals surface area (Å²) >= 11 is 0. The van der Waals surface area contributed by atoms with Gasteiger partial charge in [-0.25, -0.2) is 0 Å². The van der Waals surface area contributed by atoms with E-state index in [1.165, 1.54) is 21.9 Å². The molecule has 0 atom stereocenters. The van der Waals surface area contributed by atoms with Gasteiger partial charge in [0.25, 0.3) is 0 Å². The molecule has 0 aromatic heterocycles. The summed E-state index contributed by atoms with van der Waals surface area (Å²) in [6.07, 6.45) is 0.223. The first kappa shape index (κ1) is 17.0. The molecule has 2 nitrogen and oxygen atoms in total. The molecule has 0 amide bonds. The van der Waals surface area contributed by atoms with Gasteiger partial charge >= 0.3 is 0 Å². The van der Waals surface area contributed by atoms with Crippen molar-refractivity contribution in [1.29, 1.82) is 0 Å². The molecule has 0 saturated carbocycles. The lowest BCUT2D eigenvalue weighted by atomic mass is 9.94. The van der Waals surface area contributed by atoms with Gasteiger partial charge in [-0.3, -0.25) is 4.90 Å². The summed E-state index contributed by atoms with van der Waals surface area (Å²) in [7, 11) is 0. The zero-order chi connectivity index (χ0) is 18.8. The largest absolute Gasteiger partial charge is 0.487 e. The highest BCUT2D eigenvalue weighted by molar-refractivity contribution is 5.88. The summed E-state index contributed by atoms with van der Waals surface area (Å²) in [4.78, 5) is 2.50. The molecule has 1 heterocycles. The molecule has 28 heavy (non-hydrogen) atoms. The third kappa shape index (κ3) is 3.28. The number of hydrogen-bond donors (Lipinski definition) is 0. The van der Waals surface area contributed by atoms with E-state index in [4.69, 9.17) is 4.74 Å². The summed E-state index contributed by atoms with van der Waals surface area (Å²) in [5.41, 5.74) is 2.66. The van der Waals surface area contributed by atoms with Gasteiger partial charge in [0.1, 0.15) is 11.9 Å². The van der Waals surface area contributed by atoms with Crippen molar-refractivity contribution in [2.45, 2.75) is 12.1 Å². The van der Waals surface area contributed by atoms with Crippen molar-refractivity contribution >= 4 is 10.8 Å². The minimum Gasteiger partial charge on any atom is -0.487 e. The minimum atomic E-state index is 0.223. The number of ether oxygens (including phenoxy) is 1. The van der Waals surface area contributed by atoms with E-state index in [9.17, 15) is 0 Å². The average molecular weight is 365 g/mol. The van der Waals surface area contributed by atoms with Gasteiger partial charge in [0.15, 0.2) is 0 Å². The second-order valence-corrected chi connectivity index (χ2v) is 7.39. The molecule has 4 aromatic carbocycles. The minimum absolute atomic E-state index is 0.223. The van der Waals surface area contributed by atoms with Crippen LogP contribution in [0.25, 0.3) is 10.8 Å². The molecule has 0 unspecified atom stereocenters. The van der Waals surface area contributed by atoms with Crippen molar-refractivity contribution in [2.75, 3.05) is 13.1 Å². The molecular formula is C26H23NO. The monoisotopic (exact) mass is 365 g/mol. The van der Waals surface area contributed by atoms with Crippen LogP contribution in [0.5, 0.6) is 5.75 Å². The molecule has 1 fully saturated rings. The predicted octanol–water partition coefficient (Wildman–Crippen LogP) is 5.69. The lowest BCUT2D eigenvalue weighted by Gasteiger charge is -2.44. The Morgan fingerprint density at radius 2 is 1.21 bits per heavy atom. The lowest BCUT2D eigenvalue weighted by molar-refractivity contribution is 0.00112. The molecule has 4 aromatic rings. The van der Waals surface area contributed by atoms with Crippen molar-refractivity contribution in [3.63, 3.8) is 0 Å². The van der Waals surface area contributed by atoms with Gasteiger partial charge in [-0.15, -0.1) is 0 Å². The van der Waals surface area contributed by atoms with Crippen molar-refractivity contribution in [2.24, 2.45) is 0 Å². The van der Waals surface area contributed by atoms with Crippen LogP contribution in [0, 0.1) is 0 Å². The Labute approximate surface area is 166 Å². The predicted molar refractivity (Wildman–Crippen MR) is 115 cm³/mol. The lowest BCUT2D eigenvalue weighted by Crippen LogP contribution is -2.55. The smallest absolute Gasteiger partial charge is 0.127 e. The molecular weight excluding hydrogens is 342 g/mol. The molecule has 0 N–H and O–H groups in total. The Balaban J connectivity index is 1.35. The number of nitrogens with zero attached hydrogens (tertiary/aromatic N) is 1. The summed E-state index contributed by atoms with van der Waals surface area (Å²) in [6.45, 7) is 1.86. The molecule has 5 rings (SSSR count). The summed E-state index contributed by atoms with van der Waals surface area (Å²) in [5, 5.41) is 2.41. The molecule has 1 saturated heterocycles. The third-order valence-corrected chi connectivity index (χ3v) is 5.52. The van der Waals surface area contributed by atoms with Gasteiger partial charge < -0.3 is 4.74 Å². The summed E-state index contributed by atoms with van der Waals surface area (Å²) < 4.78 is 6.37. The van der Waals surface area contributed by atoms with Crippen LogP contribution in [-0.4, -0.2) is 24.1 Å². The Bertz CT molecular complexity index is 1010. The highest BCUT2D eigenvalue weighted by atomic mass is 16.5. The maximum absolute atomic E-state index is 6.37. The first-order valence-electron chi connectivity index (χ1n) is 9.87. The van der Waals surface area contributed by atoms with Gasteiger partial charge in [0.2, 0.25) is 0 Å². The molecule has 0 radical (unpaired) electrons. The van der Waals surface area contributed by atoms with Crippen molar-refractivity contribution in [1.82, 2.24) is 4.90 Å². The fraction of sp³-hybridized carbons (Fsp3) is 0.154. The van der Waals surface area contributed by atoms with E-state index in [1.54, 1.807) is 0 Å². The molecule has 2 heteroatoms. The first-order chi connectivity index (χ1) is 13.9. The van der Waals surface area contributed by atoms with E-state index in [2.05, 4.69) is 108 Å². The van der Waals surface area contributed by atoms with E-state index in [0.29, 0.717) is 0 Å². The van der Waals surface area contributed by atoms with Gasteiger partial charge in [-0.1, -0.05) is 97.1 Å². The fourth-order valence-corrected chi connectivity index (χ4v) is 4.12. The van der Waals surface area contributed by atoms with E-state index in [0.717, 1.165) is 18.8 Å². The summed E-state index contributed by atoms with van der Waals surface area (Å²) in [6, 6.07) is 36.5. The van der Waals surface area contributed by atoms with Crippen LogP contribution in [0.3, 0.4) is 0 Å². The Morgan fingerprint density at radius 3 is 1.89 bits per heavy atom. The quantitative estimate of drug-likeness (QED) is 0.450. The number of fused-ring (bicyclic) bond motifs is 1. The topological polar surface area (TPSA) is 12.5 Å². The Hall–Kier alpha value is -3.10. The van der Waals surface area contributed by atoms with Crippen LogP contribution < -0.4 is 4.74 Å². The van der Waals surface area contributed by atoms with Crippen LogP contribution in [-0.2, 0) is 0 Å². The van der Waals surface area contributed by atoms with Gasteiger partial charge in [0.05, 0.1) is 6.04 Å². The SMILES string of the molecule is c1ccc(C(c2ccccc2)N2CC(Oc3cccc4ccccc34)C2)cc1. The second-order valence-electron chi connectivity index (χ2n) is 7.39. The molecule has 138 valence electrons. The van der Waals surface area contributed by atoms with E-state index >= 15 is 0 Å². The summed E-state index contributed by atoms with van der Waals surface area (Å²) in [5.74, 6) is 0.985. The fourth-order valence-electron chi connectivity index (χ4n) is 4.12. The molecule has 0 spiro atoms. The number of hydrogen-bond acceptors (Lipinski definition) is 2. The maximum Gasteiger partial charge on any atom is 0.127 e. The van der Waals surface area contributed by atoms with Crippen LogP contribution in [0.1, 0.15) is 17.2 Å². The van der Waals surface area contributed by atoms with Gasteiger partial charge in [-0.05, 0) is 22.6 Å². The van der Waals surface area contributed by atoms with Crippen molar-refractivity contribution in [3.05, 3.63) is 114 Å². The molecule has 1 aliphatic rings. The Morgan fingerprint density at radius 1 is 0.643 bits per heavy atom.